The Kier molecular flexibility index (Phi) is 4.55. The van der Waals surface area contributed by atoms with Crippen molar-refractivity contribution in [3.8, 4) is 0 Å². The maximum atomic E-state index is 6.12. The van der Waals surface area contributed by atoms with Crippen LogP contribution in [0.25, 0.3) is 0 Å². The molecule has 2 aliphatic rings. The summed E-state index contributed by atoms with van der Waals surface area (Å²) >= 11 is 1.73. The summed E-state index contributed by atoms with van der Waals surface area (Å²) in [5.74, 6) is 1.53. The maximum absolute atomic E-state index is 6.12. The summed E-state index contributed by atoms with van der Waals surface area (Å²) in [6.07, 6.45) is 6.43. The van der Waals surface area contributed by atoms with Crippen molar-refractivity contribution in [1.82, 2.24) is 14.9 Å². The fourth-order valence-corrected chi connectivity index (χ4v) is 4.37. The number of aromatic nitrogens is 2. The van der Waals surface area contributed by atoms with Gasteiger partial charge in [-0.15, -0.1) is 11.3 Å². The Morgan fingerprint density at radius 3 is 3.09 bits per heavy atom. The van der Waals surface area contributed by atoms with Crippen molar-refractivity contribution >= 4 is 17.2 Å². The number of anilines is 1. The third-order valence-electron chi connectivity index (χ3n) is 4.68. The van der Waals surface area contributed by atoms with Gasteiger partial charge in [0.05, 0.1) is 18.7 Å². The fourth-order valence-electron chi connectivity index (χ4n) is 3.71. The van der Waals surface area contributed by atoms with Gasteiger partial charge in [-0.25, -0.2) is 9.97 Å². The van der Waals surface area contributed by atoms with E-state index >= 15 is 0 Å². The molecule has 0 aromatic carbocycles. The van der Waals surface area contributed by atoms with Crippen molar-refractivity contribution in [3.63, 3.8) is 0 Å². The quantitative estimate of drug-likeness (QED) is 0.934. The number of likely N-dealkylation sites (tertiary alicyclic amines) is 1. The van der Waals surface area contributed by atoms with Gasteiger partial charge in [0.15, 0.2) is 0 Å². The lowest BCUT2D eigenvalue weighted by atomic mass is 9.85. The molecule has 2 fully saturated rings. The van der Waals surface area contributed by atoms with Gasteiger partial charge in [-0.3, -0.25) is 4.90 Å². The Hall–Kier alpha value is -1.50. The zero-order chi connectivity index (χ0) is 15.5. The normalized spacial score (nSPS) is 28.3. The van der Waals surface area contributed by atoms with Crippen LogP contribution < -0.4 is 5.32 Å². The van der Waals surface area contributed by atoms with Gasteiger partial charge in [-0.1, -0.05) is 6.07 Å². The van der Waals surface area contributed by atoms with E-state index in [0.29, 0.717) is 12.0 Å². The van der Waals surface area contributed by atoms with Crippen LogP contribution in [0.2, 0.25) is 0 Å². The van der Waals surface area contributed by atoms with E-state index < -0.39 is 0 Å². The molecule has 0 amide bonds. The monoisotopic (exact) mass is 330 g/mol. The second-order valence-electron chi connectivity index (χ2n) is 6.32. The minimum atomic E-state index is 0.281. The summed E-state index contributed by atoms with van der Waals surface area (Å²) < 4.78 is 6.12. The van der Waals surface area contributed by atoms with Crippen molar-refractivity contribution in [2.45, 2.75) is 31.5 Å². The highest BCUT2D eigenvalue weighted by Crippen LogP contribution is 2.30. The van der Waals surface area contributed by atoms with E-state index in [1.165, 1.54) is 17.8 Å². The summed E-state index contributed by atoms with van der Waals surface area (Å²) in [6, 6.07) is 6.27. The van der Waals surface area contributed by atoms with Crippen LogP contribution in [-0.4, -0.2) is 46.7 Å². The number of ether oxygens (including phenoxy) is 1. The van der Waals surface area contributed by atoms with Crippen LogP contribution in [0.4, 0.5) is 5.82 Å². The molecule has 6 heteroatoms. The number of rotatable bonds is 4. The average molecular weight is 330 g/mol. The maximum Gasteiger partial charge on any atom is 0.126 e. The Labute approximate surface area is 140 Å². The average Bonchev–Trinajstić information content (AvgIpc) is 3.09. The van der Waals surface area contributed by atoms with Gasteiger partial charge in [0.2, 0.25) is 0 Å². The third kappa shape index (κ3) is 3.54. The molecule has 0 aliphatic carbocycles. The van der Waals surface area contributed by atoms with Gasteiger partial charge in [-0.05, 0) is 30.9 Å². The first-order chi connectivity index (χ1) is 11.4. The van der Waals surface area contributed by atoms with E-state index in [2.05, 4.69) is 25.6 Å². The van der Waals surface area contributed by atoms with E-state index in [4.69, 9.17) is 4.74 Å². The Morgan fingerprint density at radius 1 is 1.26 bits per heavy atom. The topological polar surface area (TPSA) is 50.3 Å². The van der Waals surface area contributed by atoms with Gasteiger partial charge in [0.25, 0.3) is 0 Å². The molecule has 4 heterocycles. The number of thiazole rings is 1. The predicted octanol–water partition coefficient (Wildman–Crippen LogP) is 2.63. The molecule has 0 unspecified atom stereocenters. The Bertz CT molecular complexity index is 606. The number of piperidine rings is 1. The molecule has 0 spiro atoms. The van der Waals surface area contributed by atoms with Gasteiger partial charge in [-0.2, -0.15) is 0 Å². The SMILES string of the molecule is c1ccc(N[C@@H]2CN(Cc3nccs3)C[C@@H]3CCCO[C@@H]32)nc1. The molecular weight excluding hydrogens is 308 g/mol. The zero-order valence-electron chi connectivity index (χ0n) is 13.1. The molecule has 3 atom stereocenters. The van der Waals surface area contributed by atoms with Crippen molar-refractivity contribution in [3.05, 3.63) is 41.0 Å². The number of hydrogen-bond acceptors (Lipinski definition) is 6. The molecule has 2 saturated heterocycles. The summed E-state index contributed by atoms with van der Waals surface area (Å²) in [5.41, 5.74) is 0. The van der Waals surface area contributed by atoms with Crippen LogP contribution in [0.1, 0.15) is 17.8 Å². The fraction of sp³-hybridized carbons (Fsp3) is 0.529. The predicted molar refractivity (Wildman–Crippen MR) is 91.5 cm³/mol. The molecule has 122 valence electrons. The summed E-state index contributed by atoms with van der Waals surface area (Å²) in [7, 11) is 0. The first kappa shape index (κ1) is 15.1. The molecule has 0 radical (unpaired) electrons. The van der Waals surface area contributed by atoms with E-state index in [-0.39, 0.29) is 6.04 Å². The van der Waals surface area contributed by atoms with Crippen molar-refractivity contribution < 1.29 is 4.74 Å². The lowest BCUT2D eigenvalue weighted by molar-refractivity contribution is -0.0747. The molecule has 1 N–H and O–H groups in total. The van der Waals surface area contributed by atoms with Gasteiger partial charge in [0, 0.05) is 37.5 Å². The third-order valence-corrected chi connectivity index (χ3v) is 5.44. The van der Waals surface area contributed by atoms with Crippen molar-refractivity contribution in [2.75, 3.05) is 25.0 Å². The number of pyridine rings is 1. The molecule has 2 aromatic rings. The zero-order valence-corrected chi connectivity index (χ0v) is 13.9. The minimum Gasteiger partial charge on any atom is -0.376 e. The summed E-state index contributed by atoms with van der Waals surface area (Å²) in [5, 5.41) is 6.84. The molecule has 0 bridgehead atoms. The number of nitrogens with one attached hydrogen (secondary N) is 1. The molecular formula is C17H22N4OS. The smallest absolute Gasteiger partial charge is 0.126 e. The molecule has 4 rings (SSSR count). The molecule has 5 nitrogen and oxygen atoms in total. The van der Waals surface area contributed by atoms with Crippen LogP contribution in [0.15, 0.2) is 36.0 Å². The largest absolute Gasteiger partial charge is 0.376 e. The molecule has 0 saturated carbocycles. The number of fused-ring (bicyclic) bond motifs is 1. The first-order valence-electron chi connectivity index (χ1n) is 8.28. The standard InChI is InChI=1S/C17H22N4OS/c1-2-6-18-15(5-1)20-14-11-21(12-16-19-7-9-23-16)10-13-4-3-8-22-17(13)14/h1-2,5-7,9,13-14,17H,3-4,8,10-12H2,(H,18,20)/t13-,14+,17-/m0/s1. The van der Waals surface area contributed by atoms with Crippen LogP contribution in [0.3, 0.4) is 0 Å². The van der Waals surface area contributed by atoms with E-state index in [9.17, 15) is 0 Å². The number of nitrogens with zero attached hydrogens (tertiary/aromatic N) is 3. The summed E-state index contributed by atoms with van der Waals surface area (Å²) in [4.78, 5) is 11.4. The van der Waals surface area contributed by atoms with Crippen LogP contribution in [0.5, 0.6) is 0 Å². The van der Waals surface area contributed by atoms with E-state index in [1.807, 2.05) is 30.6 Å². The Morgan fingerprint density at radius 2 is 2.26 bits per heavy atom. The van der Waals surface area contributed by atoms with E-state index in [0.717, 1.165) is 32.1 Å². The summed E-state index contributed by atoms with van der Waals surface area (Å²) in [6.45, 7) is 3.89. The van der Waals surface area contributed by atoms with Crippen LogP contribution >= 0.6 is 11.3 Å². The highest BCUT2D eigenvalue weighted by Gasteiger charge is 2.39. The van der Waals surface area contributed by atoms with Crippen LogP contribution in [0, 0.1) is 5.92 Å². The van der Waals surface area contributed by atoms with Gasteiger partial charge >= 0.3 is 0 Å². The molecule has 2 aliphatic heterocycles. The van der Waals surface area contributed by atoms with Crippen molar-refractivity contribution in [1.29, 1.82) is 0 Å². The second-order valence-corrected chi connectivity index (χ2v) is 7.30. The highest BCUT2D eigenvalue weighted by molar-refractivity contribution is 7.09. The molecule has 2 aromatic heterocycles. The van der Waals surface area contributed by atoms with Gasteiger partial charge < -0.3 is 10.1 Å². The number of hydrogen-bond donors (Lipinski definition) is 1. The van der Waals surface area contributed by atoms with Crippen LogP contribution in [-0.2, 0) is 11.3 Å². The first-order valence-corrected chi connectivity index (χ1v) is 9.16. The Balaban J connectivity index is 1.49. The molecule has 23 heavy (non-hydrogen) atoms. The van der Waals surface area contributed by atoms with Gasteiger partial charge in [0.1, 0.15) is 10.8 Å². The highest BCUT2D eigenvalue weighted by atomic mass is 32.1. The van der Waals surface area contributed by atoms with Crippen molar-refractivity contribution in [2.24, 2.45) is 5.92 Å². The second kappa shape index (κ2) is 6.95. The minimum absolute atomic E-state index is 0.281. The van der Waals surface area contributed by atoms with E-state index in [1.54, 1.807) is 11.3 Å². The lowest BCUT2D eigenvalue weighted by Crippen LogP contribution is -2.57. The lowest BCUT2D eigenvalue weighted by Gasteiger charge is -2.46.